The molecule has 4 aliphatic rings. The van der Waals surface area contributed by atoms with Crippen molar-refractivity contribution in [2.24, 2.45) is 23.0 Å². The highest BCUT2D eigenvalue weighted by Gasteiger charge is 2.68. The van der Waals surface area contributed by atoms with Crippen LogP contribution in [0.15, 0.2) is 42.0 Å². The van der Waals surface area contributed by atoms with Gasteiger partial charge in [0.1, 0.15) is 0 Å². The largest absolute Gasteiger partial charge is 0.369 e. The SMILES string of the molecule is C#C/C=C1/C2CC3(c4ccccc4)CC1C(C(N)=O)(C2)C3. The zero-order valence-electron chi connectivity index (χ0n) is 12.0. The number of benzene rings is 1. The van der Waals surface area contributed by atoms with Crippen LogP contribution in [0.5, 0.6) is 0 Å². The molecule has 5 rings (SSSR count). The molecule has 0 spiro atoms. The van der Waals surface area contributed by atoms with E-state index >= 15 is 0 Å². The molecule has 4 saturated carbocycles. The molecule has 0 saturated heterocycles. The average Bonchev–Trinajstić information content (AvgIpc) is 2.86. The van der Waals surface area contributed by atoms with Gasteiger partial charge in [0.25, 0.3) is 0 Å². The van der Waals surface area contributed by atoms with Crippen molar-refractivity contribution in [3.63, 3.8) is 0 Å². The number of hydrogen-bond acceptors (Lipinski definition) is 1. The molecule has 0 aromatic heterocycles. The van der Waals surface area contributed by atoms with Crippen LogP contribution in [0.2, 0.25) is 0 Å². The van der Waals surface area contributed by atoms with Crippen molar-refractivity contribution >= 4 is 5.91 Å². The van der Waals surface area contributed by atoms with Crippen molar-refractivity contribution < 1.29 is 4.79 Å². The number of nitrogens with two attached hydrogens (primary N) is 1. The summed E-state index contributed by atoms with van der Waals surface area (Å²) in [6.45, 7) is 0. The minimum Gasteiger partial charge on any atom is -0.369 e. The molecule has 1 amide bonds. The maximum Gasteiger partial charge on any atom is 0.224 e. The highest BCUT2D eigenvalue weighted by molar-refractivity contribution is 5.84. The van der Waals surface area contributed by atoms with Crippen molar-refractivity contribution in [3.8, 4) is 12.3 Å². The fourth-order valence-corrected chi connectivity index (χ4v) is 5.50. The smallest absolute Gasteiger partial charge is 0.224 e. The lowest BCUT2D eigenvalue weighted by Gasteiger charge is -2.41. The molecule has 2 heteroatoms. The molecule has 4 atom stereocenters. The second-order valence-electron chi connectivity index (χ2n) is 7.02. The third-order valence-electron chi connectivity index (χ3n) is 6.16. The van der Waals surface area contributed by atoms with Crippen molar-refractivity contribution in [2.45, 2.75) is 31.1 Å². The molecule has 4 unspecified atom stereocenters. The molecular weight excluding hydrogens is 258 g/mol. The van der Waals surface area contributed by atoms with Crippen LogP contribution in [-0.2, 0) is 10.2 Å². The molecule has 0 heterocycles. The van der Waals surface area contributed by atoms with Crippen molar-refractivity contribution in [2.75, 3.05) is 0 Å². The van der Waals surface area contributed by atoms with E-state index in [0.29, 0.717) is 5.92 Å². The number of amides is 1. The molecular formula is C19H19NO. The highest BCUT2D eigenvalue weighted by Crippen LogP contribution is 2.72. The topological polar surface area (TPSA) is 43.1 Å². The quantitative estimate of drug-likeness (QED) is 0.830. The standard InChI is InChI=1S/C19H19NO/c1-2-6-15-13-9-18(14-7-4-3-5-8-14)11-16(15)19(10-13,12-18)17(20)21/h1,3-8,13,16H,9-12H2,(H2,20,21)/b15-6-. The fourth-order valence-electron chi connectivity index (χ4n) is 5.50. The van der Waals surface area contributed by atoms with Gasteiger partial charge in [0.2, 0.25) is 5.91 Å². The van der Waals surface area contributed by atoms with Crippen LogP contribution in [0, 0.1) is 29.6 Å². The van der Waals surface area contributed by atoms with Crippen LogP contribution in [0.1, 0.15) is 31.2 Å². The first-order valence-electron chi connectivity index (χ1n) is 7.63. The number of carbonyl (C=O) groups is 1. The molecule has 2 nitrogen and oxygen atoms in total. The van der Waals surface area contributed by atoms with Gasteiger partial charge in [-0.15, -0.1) is 6.42 Å². The van der Waals surface area contributed by atoms with E-state index in [1.54, 1.807) is 0 Å². The Morgan fingerprint density at radius 1 is 1.29 bits per heavy atom. The van der Waals surface area contributed by atoms with Gasteiger partial charge in [0, 0.05) is 0 Å². The van der Waals surface area contributed by atoms with Gasteiger partial charge in [-0.25, -0.2) is 0 Å². The normalized spacial score (nSPS) is 41.4. The monoisotopic (exact) mass is 277 g/mol. The Labute approximate surface area is 125 Å². The summed E-state index contributed by atoms with van der Waals surface area (Å²) in [6.07, 6.45) is 11.3. The third-order valence-corrected chi connectivity index (χ3v) is 6.16. The van der Waals surface area contributed by atoms with E-state index in [0.717, 1.165) is 25.7 Å². The van der Waals surface area contributed by atoms with Gasteiger partial charge in [0.15, 0.2) is 0 Å². The fraction of sp³-hybridized carbons (Fsp3) is 0.421. The zero-order valence-corrected chi connectivity index (χ0v) is 12.0. The molecule has 0 radical (unpaired) electrons. The predicted octanol–water partition coefficient (Wildman–Crippen LogP) is 2.79. The Kier molecular flexibility index (Phi) is 2.43. The summed E-state index contributed by atoms with van der Waals surface area (Å²) < 4.78 is 0. The van der Waals surface area contributed by atoms with E-state index in [-0.39, 0.29) is 22.7 Å². The molecule has 0 aliphatic heterocycles. The van der Waals surface area contributed by atoms with Crippen molar-refractivity contribution in [1.82, 2.24) is 0 Å². The van der Waals surface area contributed by atoms with Gasteiger partial charge >= 0.3 is 0 Å². The lowest BCUT2D eigenvalue weighted by Crippen LogP contribution is -2.41. The number of terminal acetylenes is 1. The third kappa shape index (κ3) is 1.47. The Balaban J connectivity index is 1.85. The summed E-state index contributed by atoms with van der Waals surface area (Å²) >= 11 is 0. The minimum atomic E-state index is -0.360. The van der Waals surface area contributed by atoms with Crippen molar-refractivity contribution in [1.29, 1.82) is 0 Å². The van der Waals surface area contributed by atoms with Crippen LogP contribution < -0.4 is 5.73 Å². The van der Waals surface area contributed by atoms with E-state index in [2.05, 4.69) is 30.2 Å². The lowest BCUT2D eigenvalue weighted by atomic mass is 9.63. The number of rotatable bonds is 2. The Morgan fingerprint density at radius 2 is 2.05 bits per heavy atom. The number of carbonyl (C=O) groups excluding carboxylic acids is 1. The Morgan fingerprint density at radius 3 is 2.71 bits per heavy atom. The average molecular weight is 277 g/mol. The van der Waals surface area contributed by atoms with Crippen molar-refractivity contribution in [3.05, 3.63) is 47.5 Å². The molecule has 2 N–H and O–H groups in total. The maximum absolute atomic E-state index is 12.2. The first kappa shape index (κ1) is 12.7. The van der Waals surface area contributed by atoms with Gasteiger partial charge in [-0.3, -0.25) is 4.79 Å². The van der Waals surface area contributed by atoms with Crippen LogP contribution >= 0.6 is 0 Å². The van der Waals surface area contributed by atoms with E-state index in [4.69, 9.17) is 12.2 Å². The predicted molar refractivity (Wildman–Crippen MR) is 82.1 cm³/mol. The van der Waals surface area contributed by atoms with Crippen LogP contribution in [-0.4, -0.2) is 5.91 Å². The lowest BCUT2D eigenvalue weighted by molar-refractivity contribution is -0.129. The zero-order chi connectivity index (χ0) is 14.7. The molecule has 4 fully saturated rings. The second-order valence-corrected chi connectivity index (χ2v) is 7.02. The summed E-state index contributed by atoms with van der Waals surface area (Å²) in [7, 11) is 0. The van der Waals surface area contributed by atoms with E-state index in [1.165, 1.54) is 11.1 Å². The molecule has 1 aromatic carbocycles. The summed E-state index contributed by atoms with van der Waals surface area (Å²) in [5.41, 5.74) is 8.26. The summed E-state index contributed by atoms with van der Waals surface area (Å²) in [6, 6.07) is 10.6. The highest BCUT2D eigenvalue weighted by atomic mass is 16.1. The number of primary amides is 1. The van der Waals surface area contributed by atoms with Gasteiger partial charge in [0.05, 0.1) is 5.41 Å². The van der Waals surface area contributed by atoms with Gasteiger partial charge < -0.3 is 5.73 Å². The second kappa shape index (κ2) is 4.01. The molecule has 4 aliphatic carbocycles. The molecule has 21 heavy (non-hydrogen) atoms. The van der Waals surface area contributed by atoms with Crippen LogP contribution in [0.4, 0.5) is 0 Å². The number of allylic oxidation sites excluding steroid dienone is 2. The summed E-state index contributed by atoms with van der Waals surface area (Å²) in [4.78, 5) is 12.2. The summed E-state index contributed by atoms with van der Waals surface area (Å²) in [5, 5.41) is 0. The van der Waals surface area contributed by atoms with E-state index in [9.17, 15) is 4.79 Å². The molecule has 106 valence electrons. The maximum atomic E-state index is 12.2. The van der Waals surface area contributed by atoms with Gasteiger partial charge in [-0.2, -0.15) is 0 Å². The first-order valence-corrected chi connectivity index (χ1v) is 7.63. The van der Waals surface area contributed by atoms with Gasteiger partial charge in [-0.1, -0.05) is 41.8 Å². The van der Waals surface area contributed by atoms with E-state index < -0.39 is 0 Å². The Bertz CT molecular complexity index is 683. The Hall–Kier alpha value is -2.01. The summed E-state index contributed by atoms with van der Waals surface area (Å²) in [5.74, 6) is 3.23. The van der Waals surface area contributed by atoms with Crippen LogP contribution in [0.3, 0.4) is 0 Å². The van der Waals surface area contributed by atoms with Gasteiger partial charge in [-0.05, 0) is 54.6 Å². The van der Waals surface area contributed by atoms with E-state index in [1.807, 2.05) is 12.1 Å². The molecule has 1 aromatic rings. The number of hydrogen-bond donors (Lipinski definition) is 1. The first-order chi connectivity index (χ1) is 10.1. The molecule has 4 bridgehead atoms. The van der Waals surface area contributed by atoms with Crippen LogP contribution in [0.25, 0.3) is 0 Å². The minimum absolute atomic E-state index is 0.121.